The molecule has 0 aromatic heterocycles. The highest BCUT2D eigenvalue weighted by Crippen LogP contribution is 2.07. The van der Waals surface area contributed by atoms with E-state index in [0.29, 0.717) is 0 Å². The van der Waals surface area contributed by atoms with Crippen molar-refractivity contribution < 1.29 is 9.53 Å². The summed E-state index contributed by atoms with van der Waals surface area (Å²) in [6.07, 6.45) is 0. The predicted octanol–water partition coefficient (Wildman–Crippen LogP) is 0.233. The van der Waals surface area contributed by atoms with Crippen molar-refractivity contribution in [2.24, 2.45) is 0 Å². The van der Waals surface area contributed by atoms with Crippen molar-refractivity contribution in [2.75, 3.05) is 32.8 Å². The largest absolute Gasteiger partial charge is 0.379 e. The van der Waals surface area contributed by atoms with Crippen molar-refractivity contribution >= 4 is 5.91 Å². The van der Waals surface area contributed by atoms with E-state index < -0.39 is 0 Å². The van der Waals surface area contributed by atoms with Gasteiger partial charge in [-0.3, -0.25) is 9.69 Å². The summed E-state index contributed by atoms with van der Waals surface area (Å²) in [4.78, 5) is 13.3. The Kier molecular flexibility index (Phi) is 3.89. The van der Waals surface area contributed by atoms with Crippen LogP contribution < -0.4 is 5.32 Å². The monoisotopic (exact) mass is 200 g/mol. The van der Waals surface area contributed by atoms with E-state index in [0.717, 1.165) is 32.8 Å². The fourth-order valence-electron chi connectivity index (χ4n) is 1.83. The lowest BCUT2D eigenvalue weighted by Crippen LogP contribution is -2.53. The van der Waals surface area contributed by atoms with Gasteiger partial charge < -0.3 is 10.1 Å². The molecule has 0 aromatic rings. The molecule has 4 nitrogen and oxygen atoms in total. The first-order valence-corrected chi connectivity index (χ1v) is 5.08. The molecule has 82 valence electrons. The zero-order valence-electron chi connectivity index (χ0n) is 9.30. The molecular formula is C10H20N2O2. The summed E-state index contributed by atoms with van der Waals surface area (Å²) in [6.45, 7) is 10.1. The molecule has 1 N–H and O–H groups in total. The van der Waals surface area contributed by atoms with E-state index in [9.17, 15) is 4.79 Å². The summed E-state index contributed by atoms with van der Waals surface area (Å²) in [7, 11) is 0. The highest BCUT2D eigenvalue weighted by molar-refractivity contribution is 5.73. The second-order valence-corrected chi connectivity index (χ2v) is 4.45. The van der Waals surface area contributed by atoms with Gasteiger partial charge in [0.05, 0.1) is 13.2 Å². The molecule has 1 aliphatic rings. The predicted molar refractivity (Wildman–Crippen MR) is 55.2 cm³/mol. The van der Waals surface area contributed by atoms with Crippen LogP contribution in [0.5, 0.6) is 0 Å². The first kappa shape index (κ1) is 11.5. The Balaban J connectivity index is 2.36. The lowest BCUT2D eigenvalue weighted by molar-refractivity contribution is -0.120. The van der Waals surface area contributed by atoms with Crippen LogP contribution >= 0.6 is 0 Å². The number of amides is 1. The van der Waals surface area contributed by atoms with Crippen LogP contribution in [0.3, 0.4) is 0 Å². The van der Waals surface area contributed by atoms with Crippen molar-refractivity contribution in [3.05, 3.63) is 0 Å². The fourth-order valence-corrected chi connectivity index (χ4v) is 1.83. The van der Waals surface area contributed by atoms with E-state index >= 15 is 0 Å². The van der Waals surface area contributed by atoms with E-state index in [-0.39, 0.29) is 11.4 Å². The average Bonchev–Trinajstić information content (AvgIpc) is 2.02. The number of hydrogen-bond donors (Lipinski definition) is 1. The number of carbonyl (C=O) groups is 1. The molecule has 0 atom stereocenters. The van der Waals surface area contributed by atoms with Crippen molar-refractivity contribution in [3.8, 4) is 0 Å². The number of nitrogens with one attached hydrogen (secondary N) is 1. The Morgan fingerprint density at radius 3 is 2.50 bits per heavy atom. The van der Waals surface area contributed by atoms with Crippen molar-refractivity contribution in [1.29, 1.82) is 0 Å². The maximum Gasteiger partial charge on any atom is 0.217 e. The van der Waals surface area contributed by atoms with E-state index in [1.807, 2.05) is 13.8 Å². The molecule has 0 bridgehead atoms. The minimum atomic E-state index is -0.150. The first-order valence-electron chi connectivity index (χ1n) is 5.08. The molecule has 0 radical (unpaired) electrons. The van der Waals surface area contributed by atoms with Crippen LogP contribution in [0.2, 0.25) is 0 Å². The van der Waals surface area contributed by atoms with Crippen molar-refractivity contribution in [3.63, 3.8) is 0 Å². The minimum absolute atomic E-state index is 0.0308. The molecule has 0 unspecified atom stereocenters. The molecule has 4 heteroatoms. The third-order valence-electron chi connectivity index (χ3n) is 2.24. The van der Waals surface area contributed by atoms with Gasteiger partial charge in [0.1, 0.15) is 0 Å². The summed E-state index contributed by atoms with van der Waals surface area (Å²) in [5.74, 6) is 0.0308. The Morgan fingerprint density at radius 2 is 2.00 bits per heavy atom. The van der Waals surface area contributed by atoms with Gasteiger partial charge in [-0.2, -0.15) is 0 Å². The maximum absolute atomic E-state index is 10.9. The quantitative estimate of drug-likeness (QED) is 0.709. The number of rotatable bonds is 3. The van der Waals surface area contributed by atoms with Gasteiger partial charge in [0.15, 0.2) is 0 Å². The van der Waals surface area contributed by atoms with E-state index in [2.05, 4.69) is 10.2 Å². The number of morpholine rings is 1. The third-order valence-corrected chi connectivity index (χ3v) is 2.24. The lowest BCUT2D eigenvalue weighted by Gasteiger charge is -2.35. The molecule has 1 heterocycles. The Hall–Kier alpha value is -0.610. The van der Waals surface area contributed by atoms with Gasteiger partial charge in [-0.1, -0.05) is 0 Å². The standard InChI is InChI=1S/C10H20N2O2/c1-9(13)11-10(2,3)8-12-4-6-14-7-5-12/h4-8H2,1-3H3,(H,11,13). The van der Waals surface area contributed by atoms with Gasteiger partial charge in [-0.25, -0.2) is 0 Å². The Bertz CT molecular complexity index is 198. The molecule has 14 heavy (non-hydrogen) atoms. The average molecular weight is 200 g/mol. The highest BCUT2D eigenvalue weighted by Gasteiger charge is 2.23. The molecule has 0 aliphatic carbocycles. The van der Waals surface area contributed by atoms with Crippen molar-refractivity contribution in [2.45, 2.75) is 26.3 Å². The number of nitrogens with zero attached hydrogens (tertiary/aromatic N) is 1. The Labute approximate surface area is 85.6 Å². The first-order chi connectivity index (χ1) is 6.49. The number of ether oxygens (including phenoxy) is 1. The van der Waals surface area contributed by atoms with Crippen molar-refractivity contribution in [1.82, 2.24) is 10.2 Å². The summed E-state index contributed by atoms with van der Waals surface area (Å²) < 4.78 is 5.27. The van der Waals surface area contributed by atoms with Crippen LogP contribution in [0, 0.1) is 0 Å². The van der Waals surface area contributed by atoms with E-state index in [4.69, 9.17) is 4.74 Å². The summed E-state index contributed by atoms with van der Waals surface area (Å²) in [5.41, 5.74) is -0.150. The van der Waals surface area contributed by atoms with Crippen LogP contribution in [0.25, 0.3) is 0 Å². The normalized spacial score (nSPS) is 19.4. The number of carbonyl (C=O) groups excluding carboxylic acids is 1. The summed E-state index contributed by atoms with van der Waals surface area (Å²) in [5, 5.41) is 2.95. The zero-order chi connectivity index (χ0) is 10.6. The van der Waals surface area contributed by atoms with Gasteiger partial charge in [-0.05, 0) is 13.8 Å². The zero-order valence-corrected chi connectivity index (χ0v) is 9.30. The van der Waals surface area contributed by atoms with Crippen LogP contribution in [0.4, 0.5) is 0 Å². The minimum Gasteiger partial charge on any atom is -0.379 e. The van der Waals surface area contributed by atoms with Gasteiger partial charge in [-0.15, -0.1) is 0 Å². The molecule has 0 spiro atoms. The smallest absolute Gasteiger partial charge is 0.217 e. The fraction of sp³-hybridized carbons (Fsp3) is 0.900. The van der Waals surface area contributed by atoms with E-state index in [1.54, 1.807) is 6.92 Å². The second kappa shape index (κ2) is 4.75. The van der Waals surface area contributed by atoms with Crippen LogP contribution in [0.1, 0.15) is 20.8 Å². The van der Waals surface area contributed by atoms with Gasteiger partial charge in [0.25, 0.3) is 0 Å². The van der Waals surface area contributed by atoms with Crippen LogP contribution in [0.15, 0.2) is 0 Å². The van der Waals surface area contributed by atoms with Crippen LogP contribution in [-0.2, 0) is 9.53 Å². The third kappa shape index (κ3) is 4.07. The second-order valence-electron chi connectivity index (χ2n) is 4.45. The van der Waals surface area contributed by atoms with Gasteiger partial charge in [0.2, 0.25) is 5.91 Å². The van der Waals surface area contributed by atoms with E-state index in [1.165, 1.54) is 0 Å². The molecule has 1 saturated heterocycles. The Morgan fingerprint density at radius 1 is 1.43 bits per heavy atom. The molecule has 0 aromatic carbocycles. The number of hydrogen-bond acceptors (Lipinski definition) is 3. The highest BCUT2D eigenvalue weighted by atomic mass is 16.5. The molecule has 1 fully saturated rings. The lowest BCUT2D eigenvalue weighted by atomic mass is 10.0. The maximum atomic E-state index is 10.9. The topological polar surface area (TPSA) is 41.6 Å². The summed E-state index contributed by atoms with van der Waals surface area (Å²) in [6, 6.07) is 0. The summed E-state index contributed by atoms with van der Waals surface area (Å²) >= 11 is 0. The SMILES string of the molecule is CC(=O)NC(C)(C)CN1CCOCC1. The molecular weight excluding hydrogens is 180 g/mol. The molecule has 1 amide bonds. The van der Waals surface area contributed by atoms with Gasteiger partial charge >= 0.3 is 0 Å². The van der Waals surface area contributed by atoms with Gasteiger partial charge in [0, 0.05) is 32.1 Å². The molecule has 0 saturated carbocycles. The molecule has 1 rings (SSSR count). The van der Waals surface area contributed by atoms with Crippen LogP contribution in [-0.4, -0.2) is 49.2 Å². The molecule has 1 aliphatic heterocycles.